The quantitative estimate of drug-likeness (QED) is 0.925. The SMILES string of the molecule is CCC1(NC(=O)N2CCCN(c3ccnc(C)c3)CC2)CCCC1. The summed E-state index contributed by atoms with van der Waals surface area (Å²) in [4.78, 5) is 21.4. The average molecular weight is 330 g/mol. The van der Waals surface area contributed by atoms with Crippen LogP contribution in [0.2, 0.25) is 0 Å². The highest BCUT2D eigenvalue weighted by atomic mass is 16.2. The molecule has 0 aromatic carbocycles. The number of aromatic nitrogens is 1. The molecule has 0 radical (unpaired) electrons. The minimum Gasteiger partial charge on any atom is -0.370 e. The second-order valence-electron chi connectivity index (χ2n) is 7.25. The number of nitrogens with zero attached hydrogens (tertiary/aromatic N) is 3. The van der Waals surface area contributed by atoms with Gasteiger partial charge in [0.25, 0.3) is 0 Å². The maximum absolute atomic E-state index is 12.8. The first kappa shape index (κ1) is 17.1. The Kier molecular flexibility index (Phi) is 5.27. The van der Waals surface area contributed by atoms with Crippen molar-refractivity contribution in [1.29, 1.82) is 0 Å². The van der Waals surface area contributed by atoms with Gasteiger partial charge in [-0.1, -0.05) is 19.8 Å². The van der Waals surface area contributed by atoms with E-state index in [2.05, 4.69) is 34.3 Å². The van der Waals surface area contributed by atoms with Crippen molar-refractivity contribution in [3.63, 3.8) is 0 Å². The van der Waals surface area contributed by atoms with Gasteiger partial charge < -0.3 is 15.1 Å². The summed E-state index contributed by atoms with van der Waals surface area (Å²) in [6.07, 6.45) is 8.65. The van der Waals surface area contributed by atoms with Crippen LogP contribution in [0.1, 0.15) is 51.1 Å². The molecule has 3 rings (SSSR count). The number of carbonyl (C=O) groups excluding carboxylic acids is 1. The average Bonchev–Trinajstić information content (AvgIpc) is 2.90. The molecule has 2 fully saturated rings. The van der Waals surface area contributed by atoms with E-state index >= 15 is 0 Å². The van der Waals surface area contributed by atoms with Crippen molar-refractivity contribution in [2.24, 2.45) is 0 Å². The molecule has 1 aromatic rings. The third-order valence-electron chi connectivity index (χ3n) is 5.64. The third kappa shape index (κ3) is 3.82. The molecule has 5 nitrogen and oxygen atoms in total. The molecule has 2 amide bonds. The molecule has 1 aromatic heterocycles. The molecule has 132 valence electrons. The standard InChI is InChI=1S/C19H30N4O/c1-3-19(8-4-5-9-19)21-18(24)23-12-6-11-22(13-14-23)17-7-10-20-16(2)15-17/h7,10,15H,3-6,8-9,11-14H2,1-2H3,(H,21,24). The number of anilines is 1. The molecule has 0 unspecified atom stereocenters. The Hall–Kier alpha value is -1.78. The first-order valence-corrected chi connectivity index (χ1v) is 9.37. The van der Waals surface area contributed by atoms with Crippen molar-refractivity contribution in [3.05, 3.63) is 24.0 Å². The van der Waals surface area contributed by atoms with Crippen LogP contribution in [0.4, 0.5) is 10.5 Å². The number of aryl methyl sites for hydroxylation is 1. The Morgan fingerprint density at radius 1 is 1.21 bits per heavy atom. The lowest BCUT2D eigenvalue weighted by atomic mass is 9.94. The van der Waals surface area contributed by atoms with Crippen molar-refractivity contribution in [2.75, 3.05) is 31.1 Å². The molecule has 24 heavy (non-hydrogen) atoms. The van der Waals surface area contributed by atoms with Crippen LogP contribution in [0.3, 0.4) is 0 Å². The Morgan fingerprint density at radius 3 is 2.71 bits per heavy atom. The lowest BCUT2D eigenvalue weighted by Gasteiger charge is -2.32. The summed E-state index contributed by atoms with van der Waals surface area (Å²) in [5.41, 5.74) is 2.30. The zero-order valence-electron chi connectivity index (χ0n) is 15.1. The molecule has 1 aliphatic carbocycles. The monoisotopic (exact) mass is 330 g/mol. The molecule has 5 heteroatoms. The van der Waals surface area contributed by atoms with Gasteiger partial charge >= 0.3 is 6.03 Å². The van der Waals surface area contributed by atoms with Crippen LogP contribution in [0.25, 0.3) is 0 Å². The van der Waals surface area contributed by atoms with Crippen LogP contribution < -0.4 is 10.2 Å². The van der Waals surface area contributed by atoms with E-state index in [9.17, 15) is 4.79 Å². The lowest BCUT2D eigenvalue weighted by molar-refractivity contribution is 0.184. The van der Waals surface area contributed by atoms with Gasteiger partial charge in [0.2, 0.25) is 0 Å². The molecule has 1 N–H and O–H groups in total. The van der Waals surface area contributed by atoms with E-state index in [0.717, 1.165) is 57.6 Å². The predicted octanol–water partition coefficient (Wildman–Crippen LogP) is 3.33. The molecule has 0 bridgehead atoms. The molecule has 1 saturated heterocycles. The van der Waals surface area contributed by atoms with Crippen LogP contribution in [0.15, 0.2) is 18.3 Å². The molecule has 1 saturated carbocycles. The second-order valence-corrected chi connectivity index (χ2v) is 7.25. The Morgan fingerprint density at radius 2 is 2.00 bits per heavy atom. The number of hydrogen-bond donors (Lipinski definition) is 1. The zero-order valence-corrected chi connectivity index (χ0v) is 15.1. The number of rotatable bonds is 3. The van der Waals surface area contributed by atoms with Crippen LogP contribution in [-0.4, -0.2) is 47.6 Å². The van der Waals surface area contributed by atoms with Gasteiger partial charge in [-0.25, -0.2) is 4.79 Å². The van der Waals surface area contributed by atoms with Crippen molar-refractivity contribution >= 4 is 11.7 Å². The van der Waals surface area contributed by atoms with Gasteiger partial charge in [-0.05, 0) is 44.7 Å². The molecule has 2 aliphatic rings. The first-order chi connectivity index (χ1) is 11.6. The summed E-state index contributed by atoms with van der Waals surface area (Å²) in [5, 5.41) is 3.36. The summed E-state index contributed by atoms with van der Waals surface area (Å²) in [6.45, 7) is 7.72. The van der Waals surface area contributed by atoms with Gasteiger partial charge in [0, 0.05) is 49.3 Å². The fourth-order valence-corrected chi connectivity index (χ4v) is 4.03. The van der Waals surface area contributed by atoms with E-state index in [-0.39, 0.29) is 11.6 Å². The van der Waals surface area contributed by atoms with E-state index < -0.39 is 0 Å². The van der Waals surface area contributed by atoms with Gasteiger partial charge in [-0.15, -0.1) is 0 Å². The van der Waals surface area contributed by atoms with Crippen molar-refractivity contribution < 1.29 is 4.79 Å². The number of nitrogens with one attached hydrogen (secondary N) is 1. The fourth-order valence-electron chi connectivity index (χ4n) is 4.03. The minimum atomic E-state index is 0.0469. The summed E-state index contributed by atoms with van der Waals surface area (Å²) in [7, 11) is 0. The van der Waals surface area contributed by atoms with Crippen LogP contribution in [0.5, 0.6) is 0 Å². The smallest absolute Gasteiger partial charge is 0.317 e. The summed E-state index contributed by atoms with van der Waals surface area (Å²) in [6, 6.07) is 4.32. The van der Waals surface area contributed by atoms with Crippen LogP contribution in [0, 0.1) is 6.92 Å². The fraction of sp³-hybridized carbons (Fsp3) is 0.684. The van der Waals surface area contributed by atoms with Crippen molar-refractivity contribution in [3.8, 4) is 0 Å². The molecule has 0 spiro atoms. The summed E-state index contributed by atoms with van der Waals surface area (Å²) >= 11 is 0. The Balaban J connectivity index is 1.59. The highest BCUT2D eigenvalue weighted by Gasteiger charge is 2.34. The van der Waals surface area contributed by atoms with E-state index in [1.807, 2.05) is 18.0 Å². The maximum Gasteiger partial charge on any atom is 0.317 e. The van der Waals surface area contributed by atoms with Gasteiger partial charge in [0.1, 0.15) is 0 Å². The Labute approximate surface area is 145 Å². The number of pyridine rings is 1. The van der Waals surface area contributed by atoms with E-state index in [0.29, 0.717) is 0 Å². The van der Waals surface area contributed by atoms with E-state index in [1.54, 1.807) is 0 Å². The maximum atomic E-state index is 12.8. The largest absolute Gasteiger partial charge is 0.370 e. The molecule has 1 aliphatic heterocycles. The topological polar surface area (TPSA) is 48.5 Å². The van der Waals surface area contributed by atoms with E-state index in [1.165, 1.54) is 18.5 Å². The zero-order chi connectivity index (χ0) is 17.0. The lowest BCUT2D eigenvalue weighted by Crippen LogP contribution is -2.52. The first-order valence-electron chi connectivity index (χ1n) is 9.37. The van der Waals surface area contributed by atoms with Gasteiger partial charge in [-0.3, -0.25) is 4.98 Å². The molecular formula is C19H30N4O. The van der Waals surface area contributed by atoms with Crippen molar-refractivity contribution in [2.45, 2.75) is 57.9 Å². The van der Waals surface area contributed by atoms with E-state index in [4.69, 9.17) is 0 Å². The highest BCUT2D eigenvalue weighted by molar-refractivity contribution is 5.75. The minimum absolute atomic E-state index is 0.0469. The molecular weight excluding hydrogens is 300 g/mol. The molecule has 0 atom stereocenters. The van der Waals surface area contributed by atoms with Gasteiger partial charge in [-0.2, -0.15) is 0 Å². The summed E-state index contributed by atoms with van der Waals surface area (Å²) < 4.78 is 0. The number of carbonyl (C=O) groups is 1. The van der Waals surface area contributed by atoms with Crippen molar-refractivity contribution in [1.82, 2.24) is 15.2 Å². The van der Waals surface area contributed by atoms with Gasteiger partial charge in [0.15, 0.2) is 0 Å². The van der Waals surface area contributed by atoms with Crippen LogP contribution in [-0.2, 0) is 0 Å². The third-order valence-corrected chi connectivity index (χ3v) is 5.64. The van der Waals surface area contributed by atoms with Crippen LogP contribution >= 0.6 is 0 Å². The normalized spacial score (nSPS) is 20.8. The van der Waals surface area contributed by atoms with Gasteiger partial charge in [0.05, 0.1) is 0 Å². The highest BCUT2D eigenvalue weighted by Crippen LogP contribution is 2.32. The Bertz CT molecular complexity index is 568. The number of urea groups is 1. The predicted molar refractivity (Wildman–Crippen MR) is 97.4 cm³/mol. The molecule has 2 heterocycles. The number of hydrogen-bond acceptors (Lipinski definition) is 3. The second kappa shape index (κ2) is 7.41. The number of amides is 2. The summed E-state index contributed by atoms with van der Waals surface area (Å²) in [5.74, 6) is 0.